The average molecular weight is 295 g/mol. The molecule has 21 heavy (non-hydrogen) atoms. The van der Waals surface area contributed by atoms with E-state index in [0.29, 0.717) is 0 Å². The lowest BCUT2D eigenvalue weighted by molar-refractivity contribution is -0.152. The van der Waals surface area contributed by atoms with Gasteiger partial charge in [-0.3, -0.25) is 14.4 Å². The van der Waals surface area contributed by atoms with Gasteiger partial charge in [0.1, 0.15) is 17.8 Å². The lowest BCUT2D eigenvalue weighted by Gasteiger charge is -2.27. The summed E-state index contributed by atoms with van der Waals surface area (Å²) in [6, 6.07) is 0. The molecule has 0 atom stereocenters. The lowest BCUT2D eigenvalue weighted by atomic mass is 10.2. The highest BCUT2D eigenvalue weighted by Gasteiger charge is 2.29. The van der Waals surface area contributed by atoms with E-state index in [2.05, 4.69) is 6.58 Å². The van der Waals surface area contributed by atoms with Gasteiger partial charge in [0.05, 0.1) is 6.61 Å². The minimum Gasteiger partial charge on any atom is -0.488 e. The summed E-state index contributed by atoms with van der Waals surface area (Å²) in [4.78, 5) is 36.5. The molecule has 1 aromatic rings. The van der Waals surface area contributed by atoms with Crippen LogP contribution in [0.4, 0.5) is 5.69 Å². The van der Waals surface area contributed by atoms with Gasteiger partial charge in [-0.2, -0.15) is 0 Å². The molecule has 0 spiro atoms. The molecule has 6 heteroatoms. The van der Waals surface area contributed by atoms with Crippen LogP contribution in [0.3, 0.4) is 0 Å². The maximum absolute atomic E-state index is 11.9. The third-order valence-electron chi connectivity index (χ3n) is 2.54. The zero-order chi connectivity index (χ0) is 16.2. The molecule has 6 nitrogen and oxygen atoms in total. The second-order valence-electron chi connectivity index (χ2n) is 5.52. The van der Waals surface area contributed by atoms with Crippen molar-refractivity contribution in [3.63, 3.8) is 0 Å². The maximum atomic E-state index is 11.9. The maximum Gasteiger partial charge on any atom is 0.326 e. The molecule has 0 bridgehead atoms. The largest absolute Gasteiger partial charge is 0.488 e. The second-order valence-corrected chi connectivity index (χ2v) is 5.52. The zero-order valence-electron chi connectivity index (χ0n) is 12.9. The Balaban J connectivity index is 2.95. The standard InChI is InChI=1S/C15H21NO5/c1-6-8-16(9-10(17)21-15(3,4)5)11-12(18)13(19)14(11)20-7-2/h6H,1,7-9H2,2-5H3. The predicted molar refractivity (Wildman–Crippen MR) is 80.8 cm³/mol. The number of anilines is 1. The van der Waals surface area contributed by atoms with Gasteiger partial charge in [0.2, 0.25) is 0 Å². The number of nitrogens with zero attached hydrogens (tertiary/aromatic N) is 1. The number of carbonyl (C=O) groups excluding carboxylic acids is 1. The first-order valence-corrected chi connectivity index (χ1v) is 6.75. The summed E-state index contributed by atoms with van der Waals surface area (Å²) in [7, 11) is 0. The van der Waals surface area contributed by atoms with Gasteiger partial charge in [0.25, 0.3) is 10.9 Å². The van der Waals surface area contributed by atoms with E-state index in [0.717, 1.165) is 0 Å². The lowest BCUT2D eigenvalue weighted by Crippen LogP contribution is -2.44. The Morgan fingerprint density at radius 3 is 2.38 bits per heavy atom. The minimum absolute atomic E-state index is 0.00732. The highest BCUT2D eigenvalue weighted by atomic mass is 16.6. The van der Waals surface area contributed by atoms with E-state index in [1.165, 1.54) is 11.0 Å². The molecule has 0 aliphatic rings. The Hall–Kier alpha value is -2.11. The van der Waals surface area contributed by atoms with Crippen LogP contribution >= 0.6 is 0 Å². The summed E-state index contributed by atoms with van der Waals surface area (Å²) >= 11 is 0. The Labute approximate surface area is 123 Å². The number of esters is 1. The first-order chi connectivity index (χ1) is 9.71. The number of ether oxygens (including phenoxy) is 2. The van der Waals surface area contributed by atoms with Gasteiger partial charge in [-0.15, -0.1) is 6.58 Å². The van der Waals surface area contributed by atoms with E-state index in [1.807, 2.05) is 0 Å². The van der Waals surface area contributed by atoms with Crippen LogP contribution in [0.5, 0.6) is 5.75 Å². The van der Waals surface area contributed by atoms with Crippen LogP contribution < -0.4 is 20.5 Å². The van der Waals surface area contributed by atoms with E-state index in [9.17, 15) is 14.4 Å². The van der Waals surface area contributed by atoms with Crippen LogP contribution in [-0.4, -0.2) is 31.3 Å². The highest BCUT2D eigenvalue weighted by Crippen LogP contribution is 2.23. The van der Waals surface area contributed by atoms with Crippen molar-refractivity contribution in [1.29, 1.82) is 0 Å². The number of rotatable bonds is 7. The Morgan fingerprint density at radius 2 is 1.90 bits per heavy atom. The van der Waals surface area contributed by atoms with Gasteiger partial charge in [-0.1, -0.05) is 6.08 Å². The zero-order valence-corrected chi connectivity index (χ0v) is 12.9. The molecule has 0 unspecified atom stereocenters. The quantitative estimate of drug-likeness (QED) is 0.425. The van der Waals surface area contributed by atoms with Crippen molar-refractivity contribution in [2.45, 2.75) is 33.3 Å². The molecule has 0 saturated carbocycles. The molecule has 1 rings (SSSR count). The summed E-state index contributed by atoms with van der Waals surface area (Å²) in [6.45, 7) is 10.9. The van der Waals surface area contributed by atoms with Gasteiger partial charge in [-0.25, -0.2) is 0 Å². The molecule has 0 aliphatic heterocycles. The van der Waals surface area contributed by atoms with E-state index in [4.69, 9.17) is 9.47 Å². The molecule has 116 valence electrons. The van der Waals surface area contributed by atoms with E-state index < -0.39 is 22.4 Å². The molecule has 0 aliphatic carbocycles. The fraction of sp³-hybridized carbons (Fsp3) is 0.533. The topological polar surface area (TPSA) is 72.9 Å². The number of hydrogen-bond donors (Lipinski definition) is 0. The van der Waals surface area contributed by atoms with Gasteiger partial charge >= 0.3 is 5.97 Å². The van der Waals surface area contributed by atoms with Crippen molar-refractivity contribution in [2.24, 2.45) is 0 Å². The summed E-state index contributed by atoms with van der Waals surface area (Å²) in [5.74, 6) is -0.479. The van der Waals surface area contributed by atoms with Crippen molar-refractivity contribution in [2.75, 3.05) is 24.6 Å². The van der Waals surface area contributed by atoms with Crippen molar-refractivity contribution >= 4 is 11.7 Å². The van der Waals surface area contributed by atoms with Gasteiger partial charge in [-0.05, 0) is 27.7 Å². The van der Waals surface area contributed by atoms with Crippen molar-refractivity contribution in [3.8, 4) is 5.75 Å². The Morgan fingerprint density at radius 1 is 1.29 bits per heavy atom. The monoisotopic (exact) mass is 295 g/mol. The summed E-state index contributed by atoms with van der Waals surface area (Å²) < 4.78 is 10.4. The Kier molecular flexibility index (Phi) is 5.29. The number of hydrogen-bond acceptors (Lipinski definition) is 6. The van der Waals surface area contributed by atoms with Gasteiger partial charge in [0.15, 0.2) is 5.75 Å². The van der Waals surface area contributed by atoms with Crippen molar-refractivity contribution in [3.05, 3.63) is 33.1 Å². The van der Waals surface area contributed by atoms with Crippen LogP contribution in [0, 0.1) is 0 Å². The van der Waals surface area contributed by atoms with Crippen LogP contribution in [0.15, 0.2) is 22.2 Å². The summed E-state index contributed by atoms with van der Waals surface area (Å²) in [5.41, 5.74) is -1.81. The highest BCUT2D eigenvalue weighted by molar-refractivity contribution is 5.78. The van der Waals surface area contributed by atoms with Gasteiger partial charge in [0, 0.05) is 6.54 Å². The van der Waals surface area contributed by atoms with Crippen LogP contribution in [0.2, 0.25) is 0 Å². The van der Waals surface area contributed by atoms with Crippen molar-refractivity contribution in [1.82, 2.24) is 0 Å². The molecular weight excluding hydrogens is 274 g/mol. The van der Waals surface area contributed by atoms with E-state index in [-0.39, 0.29) is 31.1 Å². The average Bonchev–Trinajstić information content (AvgIpc) is 2.35. The van der Waals surface area contributed by atoms with E-state index >= 15 is 0 Å². The summed E-state index contributed by atoms with van der Waals surface area (Å²) in [5, 5.41) is 0. The Bertz CT molecular complexity index is 590. The SMILES string of the molecule is C=CCN(CC(=O)OC(C)(C)C)c1c(OCC)c(=O)c1=O. The number of carbonyl (C=O) groups is 1. The van der Waals surface area contributed by atoms with Crippen molar-refractivity contribution < 1.29 is 14.3 Å². The van der Waals surface area contributed by atoms with Crippen LogP contribution in [0.25, 0.3) is 0 Å². The molecular formula is C15H21NO5. The molecule has 1 aromatic carbocycles. The minimum atomic E-state index is -0.662. The summed E-state index contributed by atoms with van der Waals surface area (Å²) in [6.07, 6.45) is 1.54. The molecule has 0 saturated heterocycles. The molecule has 0 aromatic heterocycles. The molecule has 0 N–H and O–H groups in total. The van der Waals surface area contributed by atoms with E-state index in [1.54, 1.807) is 27.7 Å². The fourth-order valence-corrected chi connectivity index (χ4v) is 1.84. The van der Waals surface area contributed by atoms with Crippen LogP contribution in [0.1, 0.15) is 27.7 Å². The predicted octanol–water partition coefficient (Wildman–Crippen LogP) is 1.02. The molecule has 0 radical (unpaired) electrons. The first-order valence-electron chi connectivity index (χ1n) is 6.75. The smallest absolute Gasteiger partial charge is 0.326 e. The third kappa shape index (κ3) is 4.18. The molecule has 0 heterocycles. The van der Waals surface area contributed by atoms with Gasteiger partial charge < -0.3 is 14.4 Å². The second kappa shape index (κ2) is 6.56. The fourth-order valence-electron chi connectivity index (χ4n) is 1.84. The normalized spacial score (nSPS) is 11.2. The van der Waals surface area contributed by atoms with Crippen LogP contribution in [-0.2, 0) is 9.53 Å². The first kappa shape index (κ1) is 16.9. The molecule has 0 fully saturated rings. The molecule has 0 amide bonds. The third-order valence-corrected chi connectivity index (χ3v) is 2.54.